The van der Waals surface area contributed by atoms with Crippen molar-refractivity contribution in [3.05, 3.63) is 0 Å². The third-order valence-electron chi connectivity index (χ3n) is 2.67. The molecule has 4 nitrogen and oxygen atoms in total. The maximum atomic E-state index is 11.5. The van der Waals surface area contributed by atoms with Gasteiger partial charge in [0, 0.05) is 26.2 Å². The number of carbonyl (C=O) groups is 1. The molecule has 1 saturated heterocycles. The highest BCUT2D eigenvalue weighted by Gasteiger charge is 2.30. The minimum absolute atomic E-state index is 0.0852. The second kappa shape index (κ2) is 3.54. The molecule has 0 radical (unpaired) electrons. The van der Waals surface area contributed by atoms with Crippen LogP contribution in [-0.4, -0.2) is 43.3 Å². The Morgan fingerprint density at radius 2 is 2.23 bits per heavy atom. The number of likely N-dealkylation sites (tertiary alicyclic amines) is 1. The lowest BCUT2D eigenvalue weighted by Crippen LogP contribution is -2.40. The largest absolute Gasteiger partial charge is 0.380 e. The summed E-state index contributed by atoms with van der Waals surface area (Å²) >= 11 is 0. The third kappa shape index (κ3) is 2.12. The van der Waals surface area contributed by atoms with Gasteiger partial charge in [-0.3, -0.25) is 0 Å². The molecule has 74 valence electrons. The number of rotatable bonds is 2. The Bertz CT molecular complexity index is 204. The molecule has 1 heterocycles. The van der Waals surface area contributed by atoms with E-state index in [1.54, 1.807) is 7.11 Å². The van der Waals surface area contributed by atoms with Crippen LogP contribution in [-0.2, 0) is 4.74 Å². The van der Waals surface area contributed by atoms with Gasteiger partial charge in [-0.15, -0.1) is 0 Å². The van der Waals surface area contributed by atoms with Crippen LogP contribution >= 0.6 is 0 Å². The highest BCUT2D eigenvalue weighted by atomic mass is 16.5. The zero-order chi connectivity index (χ0) is 9.26. The number of nitrogens with one attached hydrogen (secondary N) is 1. The number of methoxy groups -OCH3 is 1. The molecule has 2 amide bonds. The SMILES string of the molecule is COC1CCN(C(=O)NC2CC2)C1. The molecule has 0 spiro atoms. The number of amides is 2. The fourth-order valence-corrected chi connectivity index (χ4v) is 1.60. The van der Waals surface area contributed by atoms with E-state index in [0.717, 1.165) is 32.4 Å². The fourth-order valence-electron chi connectivity index (χ4n) is 1.60. The van der Waals surface area contributed by atoms with Gasteiger partial charge >= 0.3 is 6.03 Å². The summed E-state index contributed by atoms with van der Waals surface area (Å²) < 4.78 is 5.19. The normalized spacial score (nSPS) is 27.8. The van der Waals surface area contributed by atoms with Gasteiger partial charge in [0.1, 0.15) is 0 Å². The van der Waals surface area contributed by atoms with Crippen molar-refractivity contribution >= 4 is 6.03 Å². The number of urea groups is 1. The first-order valence-electron chi connectivity index (χ1n) is 4.88. The topological polar surface area (TPSA) is 41.6 Å². The zero-order valence-corrected chi connectivity index (χ0v) is 7.95. The molecule has 1 aliphatic heterocycles. The van der Waals surface area contributed by atoms with Crippen LogP contribution in [0.25, 0.3) is 0 Å². The molecule has 1 atom stereocenters. The molecule has 2 aliphatic rings. The summed E-state index contributed by atoms with van der Waals surface area (Å²) in [6.45, 7) is 1.58. The molecule has 2 fully saturated rings. The highest BCUT2D eigenvalue weighted by molar-refractivity contribution is 5.75. The van der Waals surface area contributed by atoms with Crippen molar-refractivity contribution in [1.29, 1.82) is 0 Å². The Morgan fingerprint density at radius 1 is 1.46 bits per heavy atom. The highest BCUT2D eigenvalue weighted by Crippen LogP contribution is 2.20. The molecule has 13 heavy (non-hydrogen) atoms. The van der Waals surface area contributed by atoms with E-state index in [0.29, 0.717) is 6.04 Å². The summed E-state index contributed by atoms with van der Waals surface area (Å²) in [5.74, 6) is 0. The quantitative estimate of drug-likeness (QED) is 0.682. The van der Waals surface area contributed by atoms with Crippen molar-refractivity contribution in [1.82, 2.24) is 10.2 Å². The minimum Gasteiger partial charge on any atom is -0.380 e. The summed E-state index contributed by atoms with van der Waals surface area (Å²) in [6, 6.07) is 0.538. The lowest BCUT2D eigenvalue weighted by molar-refractivity contribution is 0.110. The average Bonchev–Trinajstić information content (AvgIpc) is 2.82. The Morgan fingerprint density at radius 3 is 2.77 bits per heavy atom. The second-order valence-electron chi connectivity index (χ2n) is 3.82. The summed E-state index contributed by atoms with van der Waals surface area (Å²) in [5.41, 5.74) is 0. The molecule has 0 bridgehead atoms. The van der Waals surface area contributed by atoms with Gasteiger partial charge in [-0.2, -0.15) is 0 Å². The van der Waals surface area contributed by atoms with E-state index in [2.05, 4.69) is 5.32 Å². The predicted octanol–water partition coefficient (Wildman–Crippen LogP) is 0.579. The number of nitrogens with zero attached hydrogens (tertiary/aromatic N) is 1. The molecule has 1 aliphatic carbocycles. The third-order valence-corrected chi connectivity index (χ3v) is 2.67. The lowest BCUT2D eigenvalue weighted by atomic mass is 10.3. The first-order chi connectivity index (χ1) is 6.29. The predicted molar refractivity (Wildman–Crippen MR) is 48.5 cm³/mol. The van der Waals surface area contributed by atoms with Crippen molar-refractivity contribution < 1.29 is 9.53 Å². The molecule has 0 aromatic heterocycles. The van der Waals surface area contributed by atoms with Gasteiger partial charge in [-0.05, 0) is 19.3 Å². The summed E-state index contributed by atoms with van der Waals surface area (Å²) in [6.07, 6.45) is 3.50. The van der Waals surface area contributed by atoms with Gasteiger partial charge in [-0.25, -0.2) is 4.79 Å². The Balaban J connectivity index is 1.77. The van der Waals surface area contributed by atoms with E-state index in [1.165, 1.54) is 0 Å². The van der Waals surface area contributed by atoms with Crippen LogP contribution in [0.15, 0.2) is 0 Å². The van der Waals surface area contributed by atoms with Crippen LogP contribution in [0.5, 0.6) is 0 Å². The Labute approximate surface area is 78.2 Å². The average molecular weight is 184 g/mol. The Hall–Kier alpha value is -0.770. The van der Waals surface area contributed by atoms with Crippen molar-refractivity contribution in [2.45, 2.75) is 31.4 Å². The van der Waals surface area contributed by atoms with Crippen molar-refractivity contribution in [3.63, 3.8) is 0 Å². The monoisotopic (exact) mass is 184 g/mol. The van der Waals surface area contributed by atoms with Crippen molar-refractivity contribution in [2.24, 2.45) is 0 Å². The van der Waals surface area contributed by atoms with Crippen molar-refractivity contribution in [3.8, 4) is 0 Å². The van der Waals surface area contributed by atoms with E-state index in [9.17, 15) is 4.79 Å². The molecular weight excluding hydrogens is 168 g/mol. The summed E-state index contributed by atoms with van der Waals surface area (Å²) in [5, 5.41) is 2.97. The van der Waals surface area contributed by atoms with Gasteiger partial charge < -0.3 is 15.0 Å². The maximum absolute atomic E-state index is 11.5. The summed E-state index contributed by atoms with van der Waals surface area (Å²) in [7, 11) is 1.70. The van der Waals surface area contributed by atoms with Gasteiger partial charge in [0.15, 0.2) is 0 Å². The molecule has 0 aromatic rings. The zero-order valence-electron chi connectivity index (χ0n) is 7.95. The van der Waals surface area contributed by atoms with Crippen LogP contribution in [0.2, 0.25) is 0 Å². The van der Waals surface area contributed by atoms with Gasteiger partial charge in [0.2, 0.25) is 0 Å². The van der Waals surface area contributed by atoms with Crippen LogP contribution < -0.4 is 5.32 Å². The molecule has 1 saturated carbocycles. The first-order valence-corrected chi connectivity index (χ1v) is 4.88. The van der Waals surface area contributed by atoms with E-state index in [-0.39, 0.29) is 12.1 Å². The molecule has 2 rings (SSSR count). The number of hydrogen-bond acceptors (Lipinski definition) is 2. The van der Waals surface area contributed by atoms with Gasteiger partial charge in [-0.1, -0.05) is 0 Å². The molecule has 1 unspecified atom stereocenters. The van der Waals surface area contributed by atoms with Crippen molar-refractivity contribution in [2.75, 3.05) is 20.2 Å². The molecule has 0 aromatic carbocycles. The lowest BCUT2D eigenvalue weighted by Gasteiger charge is -2.16. The van der Waals surface area contributed by atoms with Crippen LogP contribution in [0.4, 0.5) is 4.79 Å². The van der Waals surface area contributed by atoms with Gasteiger partial charge in [0.05, 0.1) is 6.10 Å². The van der Waals surface area contributed by atoms with E-state index < -0.39 is 0 Å². The molecular formula is C9H16N2O2. The van der Waals surface area contributed by atoms with E-state index in [1.807, 2.05) is 4.90 Å². The van der Waals surface area contributed by atoms with Crippen LogP contribution in [0, 0.1) is 0 Å². The first kappa shape index (κ1) is 8.81. The van der Waals surface area contributed by atoms with Crippen LogP contribution in [0.3, 0.4) is 0 Å². The van der Waals surface area contributed by atoms with Gasteiger partial charge in [0.25, 0.3) is 0 Å². The standard InChI is InChI=1S/C9H16N2O2/c1-13-8-4-5-11(6-8)9(12)10-7-2-3-7/h7-8H,2-6H2,1H3,(H,10,12). The van der Waals surface area contributed by atoms with E-state index in [4.69, 9.17) is 4.74 Å². The Kier molecular flexibility index (Phi) is 2.40. The number of hydrogen-bond donors (Lipinski definition) is 1. The maximum Gasteiger partial charge on any atom is 0.317 e. The number of ether oxygens (including phenoxy) is 1. The smallest absolute Gasteiger partial charge is 0.317 e. The minimum atomic E-state index is 0.0852. The second-order valence-corrected chi connectivity index (χ2v) is 3.82. The number of carbonyl (C=O) groups excluding carboxylic acids is 1. The molecule has 4 heteroatoms. The van der Waals surface area contributed by atoms with Crippen LogP contribution in [0.1, 0.15) is 19.3 Å². The fraction of sp³-hybridized carbons (Fsp3) is 0.889. The molecule has 1 N–H and O–H groups in total. The van der Waals surface area contributed by atoms with E-state index >= 15 is 0 Å². The summed E-state index contributed by atoms with van der Waals surface area (Å²) in [4.78, 5) is 13.4.